The molecule has 0 saturated heterocycles. The summed E-state index contributed by atoms with van der Waals surface area (Å²) in [6, 6.07) is 16.0. The number of carbonyl (C=O) groups excluding carboxylic acids is 1. The van der Waals surface area contributed by atoms with Crippen molar-refractivity contribution in [2.45, 2.75) is 48.9 Å². The number of nitrogens with one attached hydrogen (secondary N) is 1. The molecule has 1 amide bonds. The van der Waals surface area contributed by atoms with Crippen LogP contribution in [0.25, 0.3) is 0 Å². The molecule has 2 heterocycles. The Morgan fingerprint density at radius 1 is 1.12 bits per heavy atom. The summed E-state index contributed by atoms with van der Waals surface area (Å²) in [6.45, 7) is 2.01. The molecular formula is C27H28N2O3S2. The maximum atomic E-state index is 13.2. The fourth-order valence-corrected chi connectivity index (χ4v) is 9.55. The summed E-state index contributed by atoms with van der Waals surface area (Å²) in [6.07, 6.45) is 3.83. The van der Waals surface area contributed by atoms with Gasteiger partial charge in [0.15, 0.2) is 0 Å². The number of thioether (sulfide) groups is 1. The van der Waals surface area contributed by atoms with E-state index >= 15 is 0 Å². The van der Waals surface area contributed by atoms with Crippen LogP contribution < -0.4 is 14.9 Å². The van der Waals surface area contributed by atoms with Crippen LogP contribution in [0, 0.1) is 24.7 Å². The number of ether oxygens (including phenoxy) is 1. The third kappa shape index (κ3) is 3.52. The predicted molar refractivity (Wildman–Crippen MR) is 137 cm³/mol. The lowest BCUT2D eigenvalue weighted by atomic mass is 9.74. The van der Waals surface area contributed by atoms with Gasteiger partial charge >= 0.3 is 4.87 Å². The second kappa shape index (κ2) is 8.61. The van der Waals surface area contributed by atoms with Gasteiger partial charge in [0.25, 0.3) is 0 Å². The smallest absolute Gasteiger partial charge is 0.308 e. The molecule has 0 radical (unpaired) electrons. The van der Waals surface area contributed by atoms with Crippen molar-refractivity contribution in [3.63, 3.8) is 0 Å². The Labute approximate surface area is 207 Å². The van der Waals surface area contributed by atoms with Gasteiger partial charge in [0.1, 0.15) is 12.3 Å². The van der Waals surface area contributed by atoms with Crippen LogP contribution in [0.5, 0.6) is 5.75 Å². The third-order valence-corrected chi connectivity index (χ3v) is 10.7. The molecule has 5 nitrogen and oxygen atoms in total. The number of aromatic nitrogens is 1. The number of methoxy groups -OCH3 is 1. The van der Waals surface area contributed by atoms with E-state index in [4.69, 9.17) is 4.74 Å². The zero-order valence-electron chi connectivity index (χ0n) is 19.3. The van der Waals surface area contributed by atoms with E-state index in [0.717, 1.165) is 26.9 Å². The largest absolute Gasteiger partial charge is 0.496 e. The van der Waals surface area contributed by atoms with Crippen molar-refractivity contribution in [3.05, 3.63) is 74.2 Å². The molecule has 6 rings (SSSR count). The molecule has 2 aromatic carbocycles. The summed E-state index contributed by atoms with van der Waals surface area (Å²) >= 11 is 3.17. The van der Waals surface area contributed by atoms with Crippen LogP contribution in [-0.2, 0) is 11.3 Å². The van der Waals surface area contributed by atoms with E-state index in [1.165, 1.54) is 36.2 Å². The number of fused-ring (bicyclic) bond motifs is 6. The predicted octanol–water partition coefficient (Wildman–Crippen LogP) is 5.52. The standard InChI is InChI=1S/C27H28N2O3S2/c1-15-7-3-5-9-19(15)28-21(30)14-29-26-25(34-27(29)31)23(18-8-4-6-10-20(18)32-2)22-16-11-12-17(13-16)24(22)33-26/h3-10,16-17,22-24H,11-14H2,1-2H3,(H,28,30)/t16?,17?,22?,23-,24?/m1/s1. The first-order valence-electron chi connectivity index (χ1n) is 11.9. The topological polar surface area (TPSA) is 60.3 Å². The van der Waals surface area contributed by atoms with Crippen molar-refractivity contribution in [3.8, 4) is 5.75 Å². The van der Waals surface area contributed by atoms with Crippen LogP contribution in [0.3, 0.4) is 0 Å². The highest BCUT2D eigenvalue weighted by atomic mass is 32.2. The van der Waals surface area contributed by atoms with Crippen LogP contribution in [0.15, 0.2) is 58.4 Å². The van der Waals surface area contributed by atoms with Gasteiger partial charge in [-0.05, 0) is 61.6 Å². The van der Waals surface area contributed by atoms with Gasteiger partial charge < -0.3 is 10.1 Å². The second-order valence-electron chi connectivity index (χ2n) is 9.70. The molecule has 5 atom stereocenters. The maximum absolute atomic E-state index is 13.2. The minimum atomic E-state index is -0.165. The Morgan fingerprint density at radius 2 is 1.88 bits per heavy atom. The molecule has 3 aromatic rings. The van der Waals surface area contributed by atoms with Crippen LogP contribution in [0.1, 0.15) is 41.2 Å². The summed E-state index contributed by atoms with van der Waals surface area (Å²) in [5.74, 6) is 2.76. The van der Waals surface area contributed by atoms with Crippen LogP contribution >= 0.6 is 23.1 Å². The average molecular weight is 493 g/mol. The minimum absolute atomic E-state index is 0.0378. The van der Waals surface area contributed by atoms with Gasteiger partial charge in [-0.25, -0.2) is 0 Å². The zero-order valence-corrected chi connectivity index (χ0v) is 21.0. The molecular weight excluding hydrogens is 464 g/mol. The highest BCUT2D eigenvalue weighted by Crippen LogP contribution is 2.64. The van der Waals surface area contributed by atoms with E-state index in [-0.39, 0.29) is 23.2 Å². The summed E-state index contributed by atoms with van der Waals surface area (Å²) < 4.78 is 7.48. The number of carbonyl (C=O) groups is 1. The molecule has 7 heteroatoms. The van der Waals surface area contributed by atoms with E-state index in [1.54, 1.807) is 11.7 Å². The number of aryl methyl sites for hydroxylation is 1. The number of anilines is 1. The number of nitrogens with zero attached hydrogens (tertiary/aromatic N) is 1. The fourth-order valence-electron chi connectivity index (χ4n) is 6.41. The van der Waals surface area contributed by atoms with Gasteiger partial charge in [0.05, 0.1) is 12.1 Å². The van der Waals surface area contributed by atoms with Crippen molar-refractivity contribution in [1.29, 1.82) is 0 Å². The molecule has 1 aromatic heterocycles. The summed E-state index contributed by atoms with van der Waals surface area (Å²) in [7, 11) is 1.72. The molecule has 0 spiro atoms. The lowest BCUT2D eigenvalue weighted by Crippen LogP contribution is -2.35. The van der Waals surface area contributed by atoms with Crippen molar-refractivity contribution < 1.29 is 9.53 Å². The van der Waals surface area contributed by atoms with Crippen LogP contribution in [-0.4, -0.2) is 22.8 Å². The van der Waals surface area contributed by atoms with Crippen molar-refractivity contribution in [2.24, 2.45) is 17.8 Å². The number of hydrogen-bond acceptors (Lipinski definition) is 5. The number of amides is 1. The van der Waals surface area contributed by atoms with E-state index in [1.807, 2.05) is 55.1 Å². The third-order valence-electron chi connectivity index (χ3n) is 7.89. The molecule has 2 bridgehead atoms. The molecule has 34 heavy (non-hydrogen) atoms. The second-order valence-corrected chi connectivity index (χ2v) is 11.9. The SMILES string of the molecule is COc1ccccc1[C@H]1c2sc(=O)n(CC(=O)Nc3ccccc3C)c2SC2C3CCC(C3)C21. The average Bonchev–Trinajstić information content (AvgIpc) is 3.54. The first kappa shape index (κ1) is 22.0. The minimum Gasteiger partial charge on any atom is -0.496 e. The molecule has 2 saturated carbocycles. The molecule has 4 unspecified atom stereocenters. The van der Waals surface area contributed by atoms with Crippen molar-refractivity contribution in [1.82, 2.24) is 4.57 Å². The maximum Gasteiger partial charge on any atom is 0.308 e. The van der Waals surface area contributed by atoms with Gasteiger partial charge in [-0.1, -0.05) is 47.7 Å². The van der Waals surface area contributed by atoms with Crippen LogP contribution in [0.4, 0.5) is 5.69 Å². The number of benzene rings is 2. The van der Waals surface area contributed by atoms with Gasteiger partial charge in [-0.15, -0.1) is 11.8 Å². The van der Waals surface area contributed by atoms with Crippen LogP contribution in [0.2, 0.25) is 0 Å². The van der Waals surface area contributed by atoms with E-state index in [9.17, 15) is 9.59 Å². The first-order chi connectivity index (χ1) is 16.5. The Hall–Kier alpha value is -2.51. The number of para-hydroxylation sites is 2. The Balaban J connectivity index is 1.40. The summed E-state index contributed by atoms with van der Waals surface area (Å²) in [5.41, 5.74) is 2.97. The molecule has 176 valence electrons. The van der Waals surface area contributed by atoms with E-state index in [2.05, 4.69) is 17.4 Å². The fraction of sp³-hybridized carbons (Fsp3) is 0.407. The van der Waals surface area contributed by atoms with Gasteiger partial charge in [-0.2, -0.15) is 0 Å². The normalized spacial score (nSPS) is 26.7. The van der Waals surface area contributed by atoms with Gasteiger partial charge in [0.2, 0.25) is 5.91 Å². The first-order valence-corrected chi connectivity index (χ1v) is 13.6. The molecule has 2 fully saturated rings. The number of hydrogen-bond donors (Lipinski definition) is 1. The van der Waals surface area contributed by atoms with Crippen molar-refractivity contribution >= 4 is 34.7 Å². The van der Waals surface area contributed by atoms with Crippen molar-refractivity contribution in [2.75, 3.05) is 12.4 Å². The summed E-state index contributed by atoms with van der Waals surface area (Å²) in [5, 5.41) is 4.47. The monoisotopic (exact) mass is 492 g/mol. The van der Waals surface area contributed by atoms with E-state index in [0.29, 0.717) is 23.0 Å². The number of thiazole rings is 1. The Morgan fingerprint density at radius 3 is 2.71 bits per heavy atom. The molecule has 2 aliphatic carbocycles. The zero-order chi connectivity index (χ0) is 23.4. The molecule has 1 N–H and O–H groups in total. The lowest BCUT2D eigenvalue weighted by Gasteiger charge is -2.40. The van der Waals surface area contributed by atoms with Gasteiger partial charge in [-0.3, -0.25) is 14.2 Å². The summed E-state index contributed by atoms with van der Waals surface area (Å²) in [4.78, 5) is 27.3. The lowest BCUT2D eigenvalue weighted by molar-refractivity contribution is -0.116. The molecule has 3 aliphatic rings. The number of rotatable bonds is 5. The highest BCUT2D eigenvalue weighted by Gasteiger charge is 2.55. The highest BCUT2D eigenvalue weighted by molar-refractivity contribution is 8.00. The molecule has 1 aliphatic heterocycles. The Kier molecular flexibility index (Phi) is 5.57. The quantitative estimate of drug-likeness (QED) is 0.510. The van der Waals surface area contributed by atoms with E-state index < -0.39 is 0 Å². The Bertz CT molecular complexity index is 1310. The van der Waals surface area contributed by atoms with Gasteiger partial charge in [0, 0.05) is 27.3 Å².